The number of aryl methyl sites for hydroxylation is 2. The van der Waals surface area contributed by atoms with Crippen LogP contribution in [0.25, 0.3) is 0 Å². The summed E-state index contributed by atoms with van der Waals surface area (Å²) in [6, 6.07) is 9.86. The summed E-state index contributed by atoms with van der Waals surface area (Å²) in [5.41, 5.74) is 3.06. The van der Waals surface area contributed by atoms with Gasteiger partial charge < -0.3 is 5.32 Å². The van der Waals surface area contributed by atoms with Crippen molar-refractivity contribution in [1.29, 1.82) is 0 Å². The lowest BCUT2D eigenvalue weighted by Crippen LogP contribution is -2.23. The molecule has 110 valence electrons. The molecular weight excluding hydrogens is 348 g/mol. The first-order valence-corrected chi connectivity index (χ1v) is 8.29. The highest BCUT2D eigenvalue weighted by molar-refractivity contribution is 9.10. The summed E-state index contributed by atoms with van der Waals surface area (Å²) in [6.07, 6.45) is 1.73. The van der Waals surface area contributed by atoms with Crippen molar-refractivity contribution >= 4 is 39.3 Å². The number of anilines is 1. The van der Waals surface area contributed by atoms with Crippen LogP contribution < -0.4 is 5.32 Å². The molecule has 0 saturated heterocycles. The number of halogens is 1. The summed E-state index contributed by atoms with van der Waals surface area (Å²) < 4.78 is 0.930. The average molecular weight is 365 g/mol. The molecule has 0 radical (unpaired) electrons. The number of hydrogen-bond donors (Lipinski definition) is 1. The summed E-state index contributed by atoms with van der Waals surface area (Å²) in [5.74, 6) is -0.0154. The minimum absolute atomic E-state index is 0.0154. The van der Waals surface area contributed by atoms with E-state index in [4.69, 9.17) is 0 Å². The minimum Gasteiger partial charge on any atom is -0.325 e. The molecule has 1 N–H and O–H groups in total. The van der Waals surface area contributed by atoms with Gasteiger partial charge in [0.2, 0.25) is 5.91 Å². The van der Waals surface area contributed by atoms with Crippen LogP contribution in [0.1, 0.15) is 18.1 Å². The summed E-state index contributed by atoms with van der Waals surface area (Å²) in [6.45, 7) is 5.89. The SMILES string of the molecule is Cc1ccc(C)c(NC(=O)C(C)Sc2ccc(Br)cn2)c1. The molecule has 1 amide bonds. The quantitative estimate of drug-likeness (QED) is 0.807. The third-order valence-corrected chi connectivity index (χ3v) is 4.54. The van der Waals surface area contributed by atoms with Gasteiger partial charge >= 0.3 is 0 Å². The fourth-order valence-corrected chi connectivity index (χ4v) is 2.79. The second kappa shape index (κ2) is 7.09. The third-order valence-electron chi connectivity index (χ3n) is 3.02. The summed E-state index contributed by atoms with van der Waals surface area (Å²) in [7, 11) is 0. The smallest absolute Gasteiger partial charge is 0.237 e. The molecule has 1 aromatic heterocycles. The van der Waals surface area contributed by atoms with Gasteiger partial charge in [0.25, 0.3) is 0 Å². The lowest BCUT2D eigenvalue weighted by molar-refractivity contribution is -0.115. The molecule has 1 heterocycles. The van der Waals surface area contributed by atoms with Gasteiger partial charge in [0, 0.05) is 16.4 Å². The van der Waals surface area contributed by atoms with E-state index in [9.17, 15) is 4.79 Å². The molecule has 2 rings (SSSR count). The number of carbonyl (C=O) groups is 1. The second-order valence-corrected chi connectivity index (χ2v) is 7.16. The van der Waals surface area contributed by atoms with E-state index in [0.717, 1.165) is 26.3 Å². The van der Waals surface area contributed by atoms with Gasteiger partial charge in [-0.05, 0) is 66.0 Å². The van der Waals surface area contributed by atoms with Gasteiger partial charge in [-0.25, -0.2) is 4.98 Å². The fourth-order valence-electron chi connectivity index (χ4n) is 1.77. The first-order chi connectivity index (χ1) is 9.95. The van der Waals surface area contributed by atoms with E-state index < -0.39 is 0 Å². The van der Waals surface area contributed by atoms with Crippen molar-refractivity contribution in [3.05, 3.63) is 52.1 Å². The molecular formula is C16H17BrN2OS. The third kappa shape index (κ3) is 4.58. The Morgan fingerprint density at radius 3 is 2.71 bits per heavy atom. The number of benzene rings is 1. The minimum atomic E-state index is -0.210. The van der Waals surface area contributed by atoms with E-state index in [1.165, 1.54) is 11.8 Å². The van der Waals surface area contributed by atoms with Crippen LogP contribution in [0.3, 0.4) is 0 Å². The van der Waals surface area contributed by atoms with Crippen molar-refractivity contribution in [2.75, 3.05) is 5.32 Å². The monoisotopic (exact) mass is 364 g/mol. The standard InChI is InChI=1S/C16H17BrN2OS/c1-10-4-5-11(2)14(8-10)19-16(20)12(3)21-15-7-6-13(17)9-18-15/h4-9,12H,1-3H3,(H,19,20). The van der Waals surface area contributed by atoms with Gasteiger partial charge in [-0.2, -0.15) is 0 Å². The van der Waals surface area contributed by atoms with E-state index >= 15 is 0 Å². The topological polar surface area (TPSA) is 42.0 Å². The van der Waals surface area contributed by atoms with Crippen LogP contribution in [0.2, 0.25) is 0 Å². The van der Waals surface area contributed by atoms with Crippen molar-refractivity contribution < 1.29 is 4.79 Å². The maximum atomic E-state index is 12.3. The fraction of sp³-hybridized carbons (Fsp3) is 0.250. The molecule has 0 aliphatic carbocycles. The summed E-state index contributed by atoms with van der Waals surface area (Å²) >= 11 is 4.79. The second-order valence-electron chi connectivity index (χ2n) is 4.88. The van der Waals surface area contributed by atoms with Crippen LogP contribution in [-0.2, 0) is 4.79 Å². The number of pyridine rings is 1. The molecule has 0 spiro atoms. The zero-order chi connectivity index (χ0) is 15.4. The van der Waals surface area contributed by atoms with E-state index in [-0.39, 0.29) is 11.2 Å². The Kier molecular flexibility index (Phi) is 5.42. The Bertz CT molecular complexity index is 643. The molecule has 0 aliphatic rings. The van der Waals surface area contributed by atoms with Crippen molar-refractivity contribution in [2.24, 2.45) is 0 Å². The first-order valence-electron chi connectivity index (χ1n) is 6.62. The molecule has 1 aromatic carbocycles. The van der Waals surface area contributed by atoms with Crippen LogP contribution in [0.5, 0.6) is 0 Å². The lowest BCUT2D eigenvalue weighted by Gasteiger charge is -2.13. The Morgan fingerprint density at radius 1 is 1.29 bits per heavy atom. The number of carbonyl (C=O) groups excluding carboxylic acids is 1. The molecule has 3 nitrogen and oxygen atoms in total. The van der Waals surface area contributed by atoms with Gasteiger partial charge in [-0.1, -0.05) is 23.9 Å². The number of nitrogens with one attached hydrogen (secondary N) is 1. The maximum absolute atomic E-state index is 12.3. The predicted molar refractivity (Wildman–Crippen MR) is 91.8 cm³/mol. The number of nitrogens with zero attached hydrogens (tertiary/aromatic N) is 1. The largest absolute Gasteiger partial charge is 0.325 e. The first kappa shape index (κ1) is 16.0. The van der Waals surface area contributed by atoms with Crippen molar-refractivity contribution in [3.63, 3.8) is 0 Å². The molecule has 21 heavy (non-hydrogen) atoms. The van der Waals surface area contributed by atoms with Crippen LogP contribution in [-0.4, -0.2) is 16.1 Å². The van der Waals surface area contributed by atoms with Gasteiger partial charge in [-0.3, -0.25) is 4.79 Å². The van der Waals surface area contributed by atoms with E-state index in [0.29, 0.717) is 0 Å². The molecule has 1 unspecified atom stereocenters. The van der Waals surface area contributed by atoms with Crippen molar-refractivity contribution in [2.45, 2.75) is 31.0 Å². The summed E-state index contributed by atoms with van der Waals surface area (Å²) in [4.78, 5) is 16.6. The highest BCUT2D eigenvalue weighted by Crippen LogP contribution is 2.24. The number of rotatable bonds is 4. The van der Waals surface area contributed by atoms with Crippen molar-refractivity contribution in [1.82, 2.24) is 4.98 Å². The zero-order valence-electron chi connectivity index (χ0n) is 12.2. The lowest BCUT2D eigenvalue weighted by atomic mass is 10.1. The average Bonchev–Trinajstić information content (AvgIpc) is 2.45. The van der Waals surface area contributed by atoms with Gasteiger partial charge in [-0.15, -0.1) is 0 Å². The molecule has 1 atom stereocenters. The van der Waals surface area contributed by atoms with Crippen molar-refractivity contribution in [3.8, 4) is 0 Å². The molecule has 0 aliphatic heterocycles. The van der Waals surface area contributed by atoms with E-state index in [1.54, 1.807) is 6.20 Å². The molecule has 0 bridgehead atoms. The summed E-state index contributed by atoms with van der Waals surface area (Å²) in [5, 5.41) is 3.61. The number of aromatic nitrogens is 1. The molecule has 5 heteroatoms. The molecule has 0 saturated carbocycles. The normalized spacial score (nSPS) is 12.0. The maximum Gasteiger partial charge on any atom is 0.237 e. The number of thioether (sulfide) groups is 1. The molecule has 0 fully saturated rings. The van der Waals surface area contributed by atoms with Gasteiger partial charge in [0.05, 0.1) is 10.3 Å². The Morgan fingerprint density at radius 2 is 2.05 bits per heavy atom. The highest BCUT2D eigenvalue weighted by atomic mass is 79.9. The van der Waals surface area contributed by atoms with Gasteiger partial charge in [0.15, 0.2) is 0 Å². The van der Waals surface area contributed by atoms with Crippen LogP contribution in [0, 0.1) is 13.8 Å². The van der Waals surface area contributed by atoms with Gasteiger partial charge in [0.1, 0.15) is 0 Å². The number of amides is 1. The predicted octanol–water partition coefficient (Wildman–Crippen LogP) is 4.58. The van der Waals surface area contributed by atoms with Crippen LogP contribution in [0.4, 0.5) is 5.69 Å². The Balaban J connectivity index is 2.02. The Hall–Kier alpha value is -1.33. The van der Waals surface area contributed by atoms with Crippen LogP contribution in [0.15, 0.2) is 46.0 Å². The van der Waals surface area contributed by atoms with E-state index in [1.807, 2.05) is 51.1 Å². The number of hydrogen-bond acceptors (Lipinski definition) is 3. The van der Waals surface area contributed by atoms with E-state index in [2.05, 4.69) is 26.2 Å². The van der Waals surface area contributed by atoms with Crippen LogP contribution >= 0.6 is 27.7 Å². The molecule has 2 aromatic rings. The Labute approximate surface area is 137 Å². The highest BCUT2D eigenvalue weighted by Gasteiger charge is 2.16. The zero-order valence-corrected chi connectivity index (χ0v) is 14.6.